The molecule has 0 fully saturated rings. The molecule has 0 heterocycles. The number of benzene rings is 1. The largest absolute Gasteiger partial charge is 0.207 e. The van der Waals surface area contributed by atoms with Gasteiger partial charge in [0.05, 0.1) is 0 Å². The normalized spacial score (nSPS) is 10.5. The Labute approximate surface area is 67.1 Å². The average molecular weight is 151 g/mol. The van der Waals surface area contributed by atoms with E-state index < -0.39 is 0 Å². The summed E-state index contributed by atoms with van der Waals surface area (Å²) in [5.41, 5.74) is 1.03. The molecule has 11 heavy (non-hydrogen) atoms. The van der Waals surface area contributed by atoms with Gasteiger partial charge in [-0.25, -0.2) is 4.39 Å². The zero-order valence-electron chi connectivity index (χ0n) is 6.89. The predicted molar refractivity (Wildman–Crippen MR) is 43.8 cm³/mol. The highest BCUT2D eigenvalue weighted by atomic mass is 19.1. The van der Waals surface area contributed by atoms with Crippen molar-refractivity contribution in [3.05, 3.63) is 35.6 Å². The van der Waals surface area contributed by atoms with Crippen LogP contribution in [0.4, 0.5) is 4.39 Å². The molecule has 1 radical (unpaired) electrons. The summed E-state index contributed by atoms with van der Waals surface area (Å²) in [5, 5.41) is 0. The zero-order valence-corrected chi connectivity index (χ0v) is 6.89. The molecule has 0 aliphatic rings. The second-order valence-electron chi connectivity index (χ2n) is 3.16. The van der Waals surface area contributed by atoms with Gasteiger partial charge >= 0.3 is 0 Å². The smallest absolute Gasteiger partial charge is 0.124 e. The van der Waals surface area contributed by atoms with E-state index in [1.165, 1.54) is 6.07 Å². The Hall–Kier alpha value is -0.850. The Morgan fingerprint density at radius 2 is 2.18 bits per heavy atom. The van der Waals surface area contributed by atoms with Crippen LogP contribution in [0.2, 0.25) is 0 Å². The molecule has 0 aliphatic carbocycles. The summed E-state index contributed by atoms with van der Waals surface area (Å²) in [6, 6.07) is 7.51. The molecular formula is C10H12F. The van der Waals surface area contributed by atoms with E-state index in [4.69, 9.17) is 0 Å². The molecule has 59 valence electrons. The number of hydrogen-bond donors (Lipinski definition) is 0. The van der Waals surface area contributed by atoms with Crippen LogP contribution in [0.5, 0.6) is 0 Å². The van der Waals surface area contributed by atoms with Crippen LogP contribution in [-0.2, 0) is 6.42 Å². The Bertz CT molecular complexity index is 228. The molecule has 0 N–H and O–H groups in total. The molecule has 0 aromatic heterocycles. The van der Waals surface area contributed by atoms with E-state index in [-0.39, 0.29) is 5.82 Å². The molecule has 0 bridgehead atoms. The number of halogens is 1. The van der Waals surface area contributed by atoms with E-state index in [9.17, 15) is 4.39 Å². The molecule has 0 atom stereocenters. The highest BCUT2D eigenvalue weighted by Gasteiger charge is 1.97. The van der Waals surface area contributed by atoms with E-state index in [1.807, 2.05) is 6.07 Å². The molecule has 1 rings (SSSR count). The molecule has 1 aromatic carbocycles. The molecule has 0 saturated heterocycles. The summed E-state index contributed by atoms with van der Waals surface area (Å²) in [4.78, 5) is 0. The Balaban J connectivity index is 2.71. The van der Waals surface area contributed by atoms with E-state index >= 15 is 0 Å². The second kappa shape index (κ2) is 3.51. The van der Waals surface area contributed by atoms with Gasteiger partial charge < -0.3 is 0 Å². The van der Waals surface area contributed by atoms with Crippen molar-refractivity contribution in [2.24, 2.45) is 5.92 Å². The van der Waals surface area contributed by atoms with Crippen LogP contribution in [-0.4, -0.2) is 0 Å². The maximum Gasteiger partial charge on any atom is 0.124 e. The lowest BCUT2D eigenvalue weighted by molar-refractivity contribution is 0.612. The van der Waals surface area contributed by atoms with E-state index in [0.717, 1.165) is 12.0 Å². The van der Waals surface area contributed by atoms with Gasteiger partial charge in [0, 0.05) is 0 Å². The summed E-state index contributed by atoms with van der Waals surface area (Å²) in [6.45, 7) is 4.23. The minimum Gasteiger partial charge on any atom is -0.207 e. The maximum atomic E-state index is 12.6. The highest BCUT2D eigenvalue weighted by Crippen LogP contribution is 2.08. The summed E-state index contributed by atoms with van der Waals surface area (Å²) in [5.74, 6) is 0.383. The SMILES string of the molecule is CC(C)Cc1c[c]cc(F)c1. The Morgan fingerprint density at radius 1 is 1.45 bits per heavy atom. The van der Waals surface area contributed by atoms with Crippen LogP contribution in [0.25, 0.3) is 0 Å². The van der Waals surface area contributed by atoms with Gasteiger partial charge in [-0.15, -0.1) is 0 Å². The third-order valence-corrected chi connectivity index (χ3v) is 1.46. The van der Waals surface area contributed by atoms with Crippen molar-refractivity contribution in [1.82, 2.24) is 0 Å². The molecule has 0 amide bonds. The van der Waals surface area contributed by atoms with E-state index in [1.54, 1.807) is 6.07 Å². The van der Waals surface area contributed by atoms with Crippen LogP contribution in [0.1, 0.15) is 19.4 Å². The molecule has 0 saturated carbocycles. The number of hydrogen-bond acceptors (Lipinski definition) is 0. The predicted octanol–water partition coefficient (Wildman–Crippen LogP) is 2.82. The van der Waals surface area contributed by atoms with Gasteiger partial charge in [0.1, 0.15) is 5.82 Å². The van der Waals surface area contributed by atoms with Gasteiger partial charge in [0.25, 0.3) is 0 Å². The van der Waals surface area contributed by atoms with Crippen molar-refractivity contribution in [1.29, 1.82) is 0 Å². The van der Waals surface area contributed by atoms with Gasteiger partial charge in [0.2, 0.25) is 0 Å². The first-order valence-electron chi connectivity index (χ1n) is 3.84. The van der Waals surface area contributed by atoms with Gasteiger partial charge in [-0.2, -0.15) is 0 Å². The van der Waals surface area contributed by atoms with Gasteiger partial charge in [-0.3, -0.25) is 0 Å². The Morgan fingerprint density at radius 3 is 2.73 bits per heavy atom. The third kappa shape index (κ3) is 2.71. The summed E-state index contributed by atoms with van der Waals surface area (Å²) >= 11 is 0. The molecule has 0 unspecified atom stereocenters. The molecule has 0 aliphatic heterocycles. The minimum absolute atomic E-state index is 0.192. The third-order valence-electron chi connectivity index (χ3n) is 1.46. The fraction of sp³-hybridized carbons (Fsp3) is 0.400. The monoisotopic (exact) mass is 151 g/mol. The van der Waals surface area contributed by atoms with Crippen LogP contribution in [0.15, 0.2) is 18.2 Å². The average Bonchev–Trinajstić information content (AvgIpc) is 1.85. The van der Waals surface area contributed by atoms with Gasteiger partial charge in [-0.1, -0.05) is 19.9 Å². The second-order valence-corrected chi connectivity index (χ2v) is 3.16. The van der Waals surface area contributed by atoms with Crippen LogP contribution in [0.3, 0.4) is 0 Å². The first kappa shape index (κ1) is 8.25. The molecule has 1 heteroatoms. The van der Waals surface area contributed by atoms with Crippen molar-refractivity contribution in [3.63, 3.8) is 0 Å². The lowest BCUT2D eigenvalue weighted by atomic mass is 10.0. The standard InChI is InChI=1S/C10H12F/c1-8(2)6-9-4-3-5-10(11)7-9/h4-5,7-8H,6H2,1-2H3. The minimum atomic E-state index is -0.192. The first-order valence-corrected chi connectivity index (χ1v) is 3.84. The van der Waals surface area contributed by atoms with E-state index in [2.05, 4.69) is 19.9 Å². The van der Waals surface area contributed by atoms with Crippen LogP contribution >= 0.6 is 0 Å². The summed E-state index contributed by atoms with van der Waals surface area (Å²) < 4.78 is 12.6. The van der Waals surface area contributed by atoms with Crippen molar-refractivity contribution in [2.45, 2.75) is 20.3 Å². The van der Waals surface area contributed by atoms with Crippen LogP contribution in [0, 0.1) is 17.8 Å². The van der Waals surface area contributed by atoms with Crippen molar-refractivity contribution in [3.8, 4) is 0 Å². The number of rotatable bonds is 2. The van der Waals surface area contributed by atoms with Gasteiger partial charge in [-0.05, 0) is 36.1 Å². The van der Waals surface area contributed by atoms with Crippen LogP contribution < -0.4 is 0 Å². The zero-order chi connectivity index (χ0) is 8.27. The lowest BCUT2D eigenvalue weighted by Crippen LogP contribution is -1.93. The fourth-order valence-electron chi connectivity index (χ4n) is 1.08. The van der Waals surface area contributed by atoms with E-state index in [0.29, 0.717) is 5.92 Å². The molecule has 0 spiro atoms. The summed E-state index contributed by atoms with van der Waals surface area (Å²) in [6.07, 6.45) is 0.925. The maximum absolute atomic E-state index is 12.6. The van der Waals surface area contributed by atoms with Gasteiger partial charge in [0.15, 0.2) is 0 Å². The Kier molecular flexibility index (Phi) is 2.64. The van der Waals surface area contributed by atoms with Crippen molar-refractivity contribution < 1.29 is 4.39 Å². The quantitative estimate of drug-likeness (QED) is 0.609. The fourth-order valence-corrected chi connectivity index (χ4v) is 1.08. The van der Waals surface area contributed by atoms with Crippen molar-refractivity contribution >= 4 is 0 Å². The first-order chi connectivity index (χ1) is 5.18. The summed E-state index contributed by atoms with van der Waals surface area (Å²) in [7, 11) is 0. The molecule has 0 nitrogen and oxygen atoms in total. The topological polar surface area (TPSA) is 0 Å². The van der Waals surface area contributed by atoms with Crippen molar-refractivity contribution in [2.75, 3.05) is 0 Å². The lowest BCUT2D eigenvalue weighted by Gasteiger charge is -2.03. The highest BCUT2D eigenvalue weighted by molar-refractivity contribution is 5.15. The molecular weight excluding hydrogens is 139 g/mol. The molecule has 1 aromatic rings.